The zero-order valence-electron chi connectivity index (χ0n) is 10.3. The van der Waals surface area contributed by atoms with Gasteiger partial charge >= 0.3 is 6.18 Å². The second kappa shape index (κ2) is 6.08. The van der Waals surface area contributed by atoms with Crippen molar-refractivity contribution in [1.29, 1.82) is 0 Å². The van der Waals surface area contributed by atoms with E-state index >= 15 is 0 Å². The minimum absolute atomic E-state index is 0.0284. The summed E-state index contributed by atoms with van der Waals surface area (Å²) in [5.74, 6) is -0.0284. The molecule has 0 saturated carbocycles. The molecule has 1 aromatic carbocycles. The Balaban J connectivity index is 2.82. The van der Waals surface area contributed by atoms with E-state index in [2.05, 4.69) is 6.92 Å². The number of alkyl halides is 3. The number of halogens is 3. The largest absolute Gasteiger partial charge is 0.416 e. The summed E-state index contributed by atoms with van der Waals surface area (Å²) in [5.41, 5.74) is -0.0555. The molecule has 1 unspecified atom stereocenters. The molecule has 0 heterocycles. The highest BCUT2D eigenvalue weighted by Crippen LogP contribution is 2.36. The predicted molar refractivity (Wildman–Crippen MR) is 64.0 cm³/mol. The van der Waals surface area contributed by atoms with Gasteiger partial charge in [-0.3, -0.25) is 0 Å². The molecule has 0 aliphatic heterocycles. The van der Waals surface area contributed by atoms with Gasteiger partial charge in [0.25, 0.3) is 0 Å². The maximum absolute atomic E-state index is 12.8. The van der Waals surface area contributed by atoms with Crippen molar-refractivity contribution in [2.45, 2.75) is 51.6 Å². The normalized spacial score (nSPS) is 13.7. The van der Waals surface area contributed by atoms with Crippen LogP contribution in [0.4, 0.5) is 13.2 Å². The summed E-state index contributed by atoms with van der Waals surface area (Å²) < 4.78 is 38.4. The summed E-state index contributed by atoms with van der Waals surface area (Å²) >= 11 is 0. The molecule has 17 heavy (non-hydrogen) atoms. The van der Waals surface area contributed by atoms with Gasteiger partial charge in [-0.05, 0) is 24.0 Å². The van der Waals surface area contributed by atoms with Gasteiger partial charge in [0.15, 0.2) is 0 Å². The average molecular weight is 244 g/mol. The average Bonchev–Trinajstić information content (AvgIpc) is 2.28. The molecule has 0 saturated heterocycles. The van der Waals surface area contributed by atoms with Crippen molar-refractivity contribution in [3.05, 3.63) is 35.4 Å². The van der Waals surface area contributed by atoms with Crippen LogP contribution in [0.5, 0.6) is 0 Å². The molecule has 0 nitrogen and oxygen atoms in total. The molecule has 0 fully saturated rings. The molecule has 0 radical (unpaired) electrons. The van der Waals surface area contributed by atoms with Crippen LogP contribution < -0.4 is 0 Å². The molecular weight excluding hydrogens is 225 g/mol. The van der Waals surface area contributed by atoms with E-state index in [1.807, 2.05) is 6.92 Å². The van der Waals surface area contributed by atoms with Gasteiger partial charge in [0.1, 0.15) is 0 Å². The summed E-state index contributed by atoms with van der Waals surface area (Å²) in [6, 6.07) is 5.90. The molecule has 0 aliphatic rings. The van der Waals surface area contributed by atoms with Gasteiger partial charge in [-0.15, -0.1) is 0 Å². The third-order valence-electron chi connectivity index (χ3n) is 3.04. The van der Waals surface area contributed by atoms with E-state index in [0.29, 0.717) is 5.56 Å². The molecule has 96 valence electrons. The summed E-state index contributed by atoms with van der Waals surface area (Å²) in [4.78, 5) is 0. The van der Waals surface area contributed by atoms with Crippen molar-refractivity contribution in [3.8, 4) is 0 Å². The van der Waals surface area contributed by atoms with Gasteiger partial charge in [0.2, 0.25) is 0 Å². The van der Waals surface area contributed by atoms with Crippen molar-refractivity contribution >= 4 is 0 Å². The van der Waals surface area contributed by atoms with Crippen LogP contribution in [0.2, 0.25) is 0 Å². The maximum atomic E-state index is 12.8. The van der Waals surface area contributed by atoms with Crippen LogP contribution in [-0.4, -0.2) is 0 Å². The number of hydrogen-bond acceptors (Lipinski definition) is 0. The predicted octanol–water partition coefficient (Wildman–Crippen LogP) is 5.39. The Morgan fingerprint density at radius 2 is 1.76 bits per heavy atom. The number of benzene rings is 1. The third kappa shape index (κ3) is 4.06. The minimum atomic E-state index is -4.24. The molecule has 0 amide bonds. The van der Waals surface area contributed by atoms with E-state index in [1.54, 1.807) is 12.1 Å². The number of unbranched alkanes of at least 4 members (excludes halogenated alkanes) is 2. The summed E-state index contributed by atoms with van der Waals surface area (Å²) in [7, 11) is 0. The summed E-state index contributed by atoms with van der Waals surface area (Å²) in [5, 5.41) is 0. The second-order valence-electron chi connectivity index (χ2n) is 4.48. The molecule has 1 rings (SSSR count). The second-order valence-corrected chi connectivity index (χ2v) is 4.48. The van der Waals surface area contributed by atoms with Gasteiger partial charge in [0, 0.05) is 0 Å². The molecule has 0 N–H and O–H groups in total. The summed E-state index contributed by atoms with van der Waals surface area (Å²) in [6.45, 7) is 3.97. The van der Waals surface area contributed by atoms with Gasteiger partial charge in [-0.25, -0.2) is 0 Å². The van der Waals surface area contributed by atoms with Crippen LogP contribution in [0.3, 0.4) is 0 Å². The van der Waals surface area contributed by atoms with Crippen molar-refractivity contribution in [2.75, 3.05) is 0 Å². The minimum Gasteiger partial charge on any atom is -0.166 e. The topological polar surface area (TPSA) is 0 Å². The highest BCUT2D eigenvalue weighted by molar-refractivity contribution is 5.32. The van der Waals surface area contributed by atoms with Crippen LogP contribution in [-0.2, 0) is 6.18 Å². The van der Waals surface area contributed by atoms with Crippen LogP contribution in [0.15, 0.2) is 24.3 Å². The van der Waals surface area contributed by atoms with Crippen LogP contribution in [0.25, 0.3) is 0 Å². The lowest BCUT2D eigenvalue weighted by Gasteiger charge is -2.18. The first kappa shape index (κ1) is 14.1. The van der Waals surface area contributed by atoms with Gasteiger partial charge < -0.3 is 0 Å². The fourth-order valence-corrected chi connectivity index (χ4v) is 2.04. The SMILES string of the molecule is CCCCCC(C)c1ccccc1C(F)(F)F. The van der Waals surface area contributed by atoms with Crippen LogP contribution >= 0.6 is 0 Å². The molecular formula is C14H19F3. The Morgan fingerprint density at radius 3 is 2.35 bits per heavy atom. The quantitative estimate of drug-likeness (QED) is 0.609. The van der Waals surface area contributed by atoms with Crippen molar-refractivity contribution in [1.82, 2.24) is 0 Å². The molecule has 0 aliphatic carbocycles. The lowest BCUT2D eigenvalue weighted by Crippen LogP contribution is -2.10. The third-order valence-corrected chi connectivity index (χ3v) is 3.04. The zero-order chi connectivity index (χ0) is 12.9. The van der Waals surface area contributed by atoms with Crippen molar-refractivity contribution < 1.29 is 13.2 Å². The van der Waals surface area contributed by atoms with Crippen molar-refractivity contribution in [3.63, 3.8) is 0 Å². The number of hydrogen-bond donors (Lipinski definition) is 0. The van der Waals surface area contributed by atoms with E-state index in [-0.39, 0.29) is 5.92 Å². The fraction of sp³-hybridized carbons (Fsp3) is 0.571. The van der Waals surface area contributed by atoms with Gasteiger partial charge in [-0.1, -0.05) is 51.3 Å². The zero-order valence-corrected chi connectivity index (χ0v) is 10.3. The van der Waals surface area contributed by atoms with E-state index in [4.69, 9.17) is 0 Å². The molecule has 1 aromatic rings. The molecule has 3 heteroatoms. The first-order valence-electron chi connectivity index (χ1n) is 6.13. The van der Waals surface area contributed by atoms with Crippen molar-refractivity contribution in [2.24, 2.45) is 0 Å². The molecule has 0 aromatic heterocycles. The monoisotopic (exact) mass is 244 g/mol. The van der Waals surface area contributed by atoms with Gasteiger partial charge in [0.05, 0.1) is 5.56 Å². The lowest BCUT2D eigenvalue weighted by atomic mass is 9.91. The molecule has 1 atom stereocenters. The van der Waals surface area contributed by atoms with E-state index in [1.165, 1.54) is 12.1 Å². The van der Waals surface area contributed by atoms with Crippen LogP contribution in [0, 0.1) is 0 Å². The Bertz CT molecular complexity index is 342. The van der Waals surface area contributed by atoms with Crippen LogP contribution in [0.1, 0.15) is 56.6 Å². The first-order chi connectivity index (χ1) is 7.96. The summed E-state index contributed by atoms with van der Waals surface area (Å²) in [6.07, 6.45) is -0.257. The molecule has 0 spiro atoms. The number of rotatable bonds is 5. The Labute approximate surface area is 101 Å². The first-order valence-corrected chi connectivity index (χ1v) is 6.13. The standard InChI is InChI=1S/C14H19F3/c1-3-4-5-8-11(2)12-9-6-7-10-13(12)14(15,16)17/h6-7,9-11H,3-5,8H2,1-2H3. The van der Waals surface area contributed by atoms with E-state index in [0.717, 1.165) is 25.7 Å². The fourth-order valence-electron chi connectivity index (χ4n) is 2.04. The molecule has 0 bridgehead atoms. The Kier molecular flexibility index (Phi) is 5.03. The maximum Gasteiger partial charge on any atom is 0.416 e. The Hall–Kier alpha value is -0.990. The Morgan fingerprint density at radius 1 is 1.12 bits per heavy atom. The highest BCUT2D eigenvalue weighted by atomic mass is 19.4. The van der Waals surface area contributed by atoms with Gasteiger partial charge in [-0.2, -0.15) is 13.2 Å². The lowest BCUT2D eigenvalue weighted by molar-refractivity contribution is -0.138. The highest BCUT2D eigenvalue weighted by Gasteiger charge is 2.33. The van der Waals surface area contributed by atoms with E-state index < -0.39 is 11.7 Å². The van der Waals surface area contributed by atoms with E-state index in [9.17, 15) is 13.2 Å². The smallest absolute Gasteiger partial charge is 0.166 e.